The van der Waals surface area contributed by atoms with E-state index in [2.05, 4.69) is 130 Å². The predicted octanol–water partition coefficient (Wildman–Crippen LogP) is 7.96. The highest BCUT2D eigenvalue weighted by atomic mass is 15.4. The van der Waals surface area contributed by atoms with Crippen LogP contribution in [0.3, 0.4) is 0 Å². The van der Waals surface area contributed by atoms with Crippen molar-refractivity contribution in [1.29, 1.82) is 5.41 Å². The van der Waals surface area contributed by atoms with Crippen molar-refractivity contribution in [1.82, 2.24) is 10.9 Å². The van der Waals surface area contributed by atoms with Crippen LogP contribution in [0.15, 0.2) is 119 Å². The smallest absolute Gasteiger partial charge is 0.230 e. The van der Waals surface area contributed by atoms with E-state index in [1.165, 1.54) is 53.9 Å². The second-order valence-electron chi connectivity index (χ2n) is 10.1. The van der Waals surface area contributed by atoms with E-state index in [-0.39, 0.29) is 5.96 Å². The fraction of sp³-hybridized carbons (Fsp3) is 0. The molecule has 0 spiro atoms. The zero-order valence-corrected chi connectivity index (χ0v) is 21.4. The van der Waals surface area contributed by atoms with E-state index in [4.69, 9.17) is 5.41 Å². The summed E-state index contributed by atoms with van der Waals surface area (Å²) in [4.78, 5) is 0. The molecule has 0 amide bonds. The third-order valence-electron chi connectivity index (χ3n) is 7.88. The van der Waals surface area contributed by atoms with Crippen LogP contribution in [0.1, 0.15) is 11.1 Å². The summed E-state index contributed by atoms with van der Waals surface area (Å²) in [6.07, 6.45) is 3.51. The molecule has 0 aromatic heterocycles. The monoisotopic (exact) mass is 513 g/mol. The third-order valence-corrected chi connectivity index (χ3v) is 7.88. The number of benzene rings is 8. The summed E-state index contributed by atoms with van der Waals surface area (Å²) < 4.78 is 0. The van der Waals surface area contributed by atoms with Gasteiger partial charge in [0.15, 0.2) is 0 Å². The number of rotatable bonds is 4. The van der Waals surface area contributed by atoms with Gasteiger partial charge in [-0.1, -0.05) is 109 Å². The predicted molar refractivity (Wildman–Crippen MR) is 169 cm³/mol. The molecule has 40 heavy (non-hydrogen) atoms. The summed E-state index contributed by atoms with van der Waals surface area (Å²) in [6.45, 7) is 0. The van der Waals surface area contributed by atoms with Gasteiger partial charge in [0.25, 0.3) is 0 Å². The molecule has 188 valence electrons. The fourth-order valence-corrected chi connectivity index (χ4v) is 6.10. The molecule has 8 aromatic carbocycles. The maximum atomic E-state index is 8.24. The van der Waals surface area contributed by atoms with Crippen molar-refractivity contribution in [3.63, 3.8) is 0 Å². The van der Waals surface area contributed by atoms with E-state index in [0.717, 1.165) is 21.9 Å². The van der Waals surface area contributed by atoms with Crippen molar-refractivity contribution in [3.8, 4) is 0 Å². The number of nitrogens with zero attached hydrogens (tertiary/aromatic N) is 2. The standard InChI is InChI=1S/C35H23N5/c36-35(39-37-19-27-13-11-25-9-7-21-3-1-5-23-15-17-29(27)33(25)31(21)23)40-38-20-28-14-12-26-10-8-22-4-2-6-24-16-18-30(28)34(26)32(22)24/h1-20H,(H3,36,39,40)/b37-19-,38-20-. The van der Waals surface area contributed by atoms with E-state index in [0.29, 0.717) is 0 Å². The summed E-state index contributed by atoms with van der Waals surface area (Å²) in [5.41, 5.74) is 7.48. The quantitative estimate of drug-likeness (QED) is 0.0966. The van der Waals surface area contributed by atoms with E-state index in [1.807, 2.05) is 0 Å². The zero-order valence-electron chi connectivity index (χ0n) is 21.4. The normalized spacial score (nSPS) is 12.4. The molecule has 0 saturated heterocycles. The van der Waals surface area contributed by atoms with Gasteiger partial charge in [-0.15, -0.1) is 0 Å². The van der Waals surface area contributed by atoms with Crippen LogP contribution < -0.4 is 10.9 Å². The van der Waals surface area contributed by atoms with Crippen LogP contribution in [0.4, 0.5) is 0 Å². The summed E-state index contributed by atoms with van der Waals surface area (Å²) in [5.74, 6) is -0.0112. The van der Waals surface area contributed by atoms with Gasteiger partial charge in [0, 0.05) is 11.1 Å². The molecule has 0 aliphatic heterocycles. The molecule has 0 unspecified atom stereocenters. The van der Waals surface area contributed by atoms with E-state index in [9.17, 15) is 0 Å². The molecule has 5 nitrogen and oxygen atoms in total. The molecular weight excluding hydrogens is 490 g/mol. The summed E-state index contributed by atoms with van der Waals surface area (Å²) >= 11 is 0. The first-order valence-electron chi connectivity index (χ1n) is 13.2. The molecule has 0 aliphatic rings. The van der Waals surface area contributed by atoms with E-state index in [1.54, 1.807) is 12.4 Å². The number of guanidine groups is 1. The molecule has 0 fully saturated rings. The Balaban J connectivity index is 1.03. The highest BCUT2D eigenvalue weighted by molar-refractivity contribution is 6.26. The minimum absolute atomic E-state index is 0.0112. The molecule has 0 aliphatic carbocycles. The van der Waals surface area contributed by atoms with Crippen LogP contribution in [0.25, 0.3) is 64.6 Å². The van der Waals surface area contributed by atoms with Gasteiger partial charge in [0.1, 0.15) is 0 Å². The van der Waals surface area contributed by atoms with Crippen LogP contribution in [0, 0.1) is 5.41 Å². The molecule has 8 aromatic rings. The molecule has 8 rings (SSSR count). The van der Waals surface area contributed by atoms with E-state index >= 15 is 0 Å². The lowest BCUT2D eigenvalue weighted by molar-refractivity contribution is 0.893. The van der Waals surface area contributed by atoms with E-state index < -0.39 is 0 Å². The average molecular weight is 514 g/mol. The second kappa shape index (κ2) is 8.75. The number of hydrogen-bond acceptors (Lipinski definition) is 3. The zero-order chi connectivity index (χ0) is 26.6. The van der Waals surface area contributed by atoms with Crippen molar-refractivity contribution < 1.29 is 0 Å². The SMILES string of the molecule is N=C(N/N=C\c1ccc2ccc3cccc4ccc1c2c34)N/N=C\c1ccc2ccc3cccc4ccc1c2c34. The highest BCUT2D eigenvalue weighted by Crippen LogP contribution is 2.36. The maximum Gasteiger partial charge on any atom is 0.230 e. The number of hydrazone groups is 2. The van der Waals surface area contributed by atoms with Gasteiger partial charge in [0.05, 0.1) is 12.4 Å². The van der Waals surface area contributed by atoms with Gasteiger partial charge < -0.3 is 0 Å². The largest absolute Gasteiger partial charge is 0.266 e. The van der Waals surface area contributed by atoms with Crippen molar-refractivity contribution in [2.45, 2.75) is 0 Å². The van der Waals surface area contributed by atoms with Crippen LogP contribution in [0.2, 0.25) is 0 Å². The lowest BCUT2D eigenvalue weighted by atomic mass is 9.92. The van der Waals surface area contributed by atoms with Crippen molar-refractivity contribution >= 4 is 83.0 Å². The Morgan fingerprint density at radius 2 is 0.800 bits per heavy atom. The van der Waals surface area contributed by atoms with Gasteiger partial charge in [-0.25, -0.2) is 10.9 Å². The molecular formula is C35H23N5. The average Bonchev–Trinajstić information content (AvgIpc) is 3.00. The van der Waals surface area contributed by atoms with Crippen LogP contribution in [-0.4, -0.2) is 18.4 Å². The Labute approximate surface area is 229 Å². The van der Waals surface area contributed by atoms with Crippen LogP contribution >= 0.6 is 0 Å². The lowest BCUT2D eigenvalue weighted by Gasteiger charge is -2.12. The highest BCUT2D eigenvalue weighted by Gasteiger charge is 2.11. The van der Waals surface area contributed by atoms with Crippen molar-refractivity contribution in [2.75, 3.05) is 0 Å². The van der Waals surface area contributed by atoms with Crippen LogP contribution in [-0.2, 0) is 0 Å². The Kier molecular flexibility index (Phi) is 4.91. The maximum absolute atomic E-state index is 8.24. The summed E-state index contributed by atoms with van der Waals surface area (Å²) in [7, 11) is 0. The van der Waals surface area contributed by atoms with Crippen molar-refractivity contribution in [3.05, 3.63) is 120 Å². The topological polar surface area (TPSA) is 72.6 Å². The fourth-order valence-electron chi connectivity index (χ4n) is 6.10. The first-order chi connectivity index (χ1) is 19.7. The number of nitrogens with one attached hydrogen (secondary N) is 3. The third kappa shape index (κ3) is 3.45. The Hall–Kier alpha value is -5.55. The lowest BCUT2D eigenvalue weighted by Crippen LogP contribution is -2.29. The first kappa shape index (κ1) is 22.4. The summed E-state index contributed by atoms with van der Waals surface area (Å²) in [6, 6.07) is 38.5. The minimum atomic E-state index is -0.0112. The van der Waals surface area contributed by atoms with Crippen LogP contribution in [0.5, 0.6) is 0 Å². The molecule has 3 N–H and O–H groups in total. The van der Waals surface area contributed by atoms with Gasteiger partial charge in [0.2, 0.25) is 5.96 Å². The first-order valence-corrected chi connectivity index (χ1v) is 13.2. The molecule has 0 saturated carbocycles. The summed E-state index contributed by atoms with van der Waals surface area (Å²) in [5, 5.41) is 31.5. The Bertz CT molecular complexity index is 2100. The van der Waals surface area contributed by atoms with Gasteiger partial charge >= 0.3 is 0 Å². The minimum Gasteiger partial charge on any atom is -0.266 e. The second-order valence-corrected chi connectivity index (χ2v) is 10.1. The molecule has 5 heteroatoms. The Morgan fingerprint density at radius 1 is 0.450 bits per heavy atom. The molecule has 0 atom stereocenters. The molecule has 0 heterocycles. The molecule has 0 bridgehead atoms. The molecule has 0 radical (unpaired) electrons. The number of hydrogen-bond donors (Lipinski definition) is 3. The Morgan fingerprint density at radius 3 is 1.23 bits per heavy atom. The van der Waals surface area contributed by atoms with Crippen molar-refractivity contribution in [2.24, 2.45) is 10.2 Å². The van der Waals surface area contributed by atoms with Gasteiger partial charge in [-0.05, 0) is 64.6 Å². The van der Waals surface area contributed by atoms with Gasteiger partial charge in [-0.2, -0.15) is 10.2 Å². The van der Waals surface area contributed by atoms with Gasteiger partial charge in [-0.3, -0.25) is 5.41 Å².